The molecule has 1 fully saturated rings. The molecule has 35 heavy (non-hydrogen) atoms. The number of H-pyrrole nitrogens is 1. The topological polar surface area (TPSA) is 103 Å². The standard InChI is InChI=1S/C27H30FN3O4/c1-27(2,35)19-8-6-17(7-9-19)25(33)18-12-14-31(15-13-18)24(32)5-3-4-23-29-22-11-10-20(28)16-21(22)26(34)30-23/h6-11,16,18,35H,3-5,12-15H2,1-2H3,(H,29,30,34). The van der Waals surface area contributed by atoms with Gasteiger partial charge in [-0.3, -0.25) is 14.4 Å². The Morgan fingerprint density at radius 2 is 1.83 bits per heavy atom. The second-order valence-corrected chi connectivity index (χ2v) is 9.68. The maximum absolute atomic E-state index is 13.3. The van der Waals surface area contributed by atoms with Gasteiger partial charge in [0, 0.05) is 37.4 Å². The number of likely N-dealkylation sites (tertiary alicyclic amines) is 1. The number of amides is 1. The molecule has 0 spiro atoms. The van der Waals surface area contributed by atoms with Crippen LogP contribution >= 0.6 is 0 Å². The molecule has 0 saturated carbocycles. The number of carbonyl (C=O) groups is 2. The highest BCUT2D eigenvalue weighted by atomic mass is 19.1. The summed E-state index contributed by atoms with van der Waals surface area (Å²) in [5.41, 5.74) is 0.468. The molecule has 2 aromatic carbocycles. The first kappa shape index (κ1) is 24.7. The molecule has 4 rings (SSSR count). The number of nitrogens with one attached hydrogen (secondary N) is 1. The Bertz CT molecular complexity index is 1290. The molecule has 7 nitrogen and oxygen atoms in total. The van der Waals surface area contributed by atoms with E-state index in [1.54, 1.807) is 43.0 Å². The third-order valence-electron chi connectivity index (χ3n) is 6.62. The number of aryl methyl sites for hydroxylation is 1. The molecule has 1 amide bonds. The van der Waals surface area contributed by atoms with Crippen LogP contribution in [-0.2, 0) is 16.8 Å². The van der Waals surface area contributed by atoms with Crippen molar-refractivity contribution in [2.75, 3.05) is 13.1 Å². The van der Waals surface area contributed by atoms with Gasteiger partial charge in [0.1, 0.15) is 11.6 Å². The molecule has 184 valence electrons. The van der Waals surface area contributed by atoms with E-state index in [0.29, 0.717) is 62.1 Å². The van der Waals surface area contributed by atoms with E-state index in [9.17, 15) is 23.9 Å². The van der Waals surface area contributed by atoms with Crippen LogP contribution in [0.3, 0.4) is 0 Å². The quantitative estimate of drug-likeness (QED) is 0.503. The van der Waals surface area contributed by atoms with Gasteiger partial charge in [0.05, 0.1) is 16.5 Å². The minimum Gasteiger partial charge on any atom is -0.386 e. The molecular weight excluding hydrogens is 449 g/mol. The number of fused-ring (bicyclic) bond motifs is 1. The summed E-state index contributed by atoms with van der Waals surface area (Å²) in [6.45, 7) is 4.48. The van der Waals surface area contributed by atoms with Gasteiger partial charge in [0.2, 0.25) is 5.91 Å². The third kappa shape index (κ3) is 5.82. The van der Waals surface area contributed by atoms with E-state index in [2.05, 4.69) is 9.97 Å². The number of aromatic nitrogens is 2. The van der Waals surface area contributed by atoms with Crippen molar-refractivity contribution in [3.63, 3.8) is 0 Å². The molecule has 0 unspecified atom stereocenters. The summed E-state index contributed by atoms with van der Waals surface area (Å²) >= 11 is 0. The second kappa shape index (κ2) is 10.1. The number of ketones is 1. The van der Waals surface area contributed by atoms with Gasteiger partial charge in [0.15, 0.2) is 5.78 Å². The zero-order chi connectivity index (χ0) is 25.2. The van der Waals surface area contributed by atoms with E-state index in [4.69, 9.17) is 0 Å². The number of nitrogens with zero attached hydrogens (tertiary/aromatic N) is 2. The predicted octanol–water partition coefficient (Wildman–Crippen LogP) is 3.73. The van der Waals surface area contributed by atoms with Crippen LogP contribution in [0.1, 0.15) is 61.3 Å². The SMILES string of the molecule is CC(C)(O)c1ccc(C(=O)C2CCN(C(=O)CCCc3nc4ccc(F)cc4c(=O)[nH]3)CC2)cc1. The van der Waals surface area contributed by atoms with Crippen LogP contribution in [0.25, 0.3) is 10.9 Å². The predicted molar refractivity (Wildman–Crippen MR) is 131 cm³/mol. The normalized spacial score (nSPS) is 14.9. The van der Waals surface area contributed by atoms with Crippen LogP contribution in [0.2, 0.25) is 0 Å². The van der Waals surface area contributed by atoms with Crippen molar-refractivity contribution in [1.82, 2.24) is 14.9 Å². The Morgan fingerprint density at radius 1 is 1.14 bits per heavy atom. The number of aromatic amines is 1. The number of rotatable bonds is 7. The first-order valence-electron chi connectivity index (χ1n) is 11.9. The summed E-state index contributed by atoms with van der Waals surface area (Å²) < 4.78 is 13.3. The molecule has 0 aliphatic carbocycles. The summed E-state index contributed by atoms with van der Waals surface area (Å²) in [5.74, 6) is -0.0379. The molecule has 1 aliphatic heterocycles. The maximum Gasteiger partial charge on any atom is 0.258 e. The lowest BCUT2D eigenvalue weighted by Gasteiger charge is -2.31. The van der Waals surface area contributed by atoms with E-state index in [0.717, 1.165) is 11.6 Å². The number of piperidine rings is 1. The molecular formula is C27H30FN3O4. The highest BCUT2D eigenvalue weighted by molar-refractivity contribution is 5.98. The first-order chi connectivity index (χ1) is 16.6. The molecule has 0 atom stereocenters. The van der Waals surface area contributed by atoms with E-state index >= 15 is 0 Å². The lowest BCUT2D eigenvalue weighted by atomic mass is 9.87. The Morgan fingerprint density at radius 3 is 2.49 bits per heavy atom. The summed E-state index contributed by atoms with van der Waals surface area (Å²) in [4.78, 5) is 46.5. The van der Waals surface area contributed by atoms with Crippen molar-refractivity contribution in [2.24, 2.45) is 5.92 Å². The third-order valence-corrected chi connectivity index (χ3v) is 6.62. The number of halogens is 1. The monoisotopic (exact) mass is 479 g/mol. The molecule has 1 aliphatic rings. The molecule has 2 N–H and O–H groups in total. The summed E-state index contributed by atoms with van der Waals surface area (Å²) in [6.07, 6.45) is 2.52. The molecule has 8 heteroatoms. The fraction of sp³-hybridized carbons (Fsp3) is 0.407. The Balaban J connectivity index is 1.26. The number of hydrogen-bond donors (Lipinski definition) is 2. The summed E-state index contributed by atoms with van der Waals surface area (Å²) in [5, 5.41) is 10.3. The van der Waals surface area contributed by atoms with Gasteiger partial charge in [-0.15, -0.1) is 0 Å². The number of carbonyl (C=O) groups excluding carboxylic acids is 2. The van der Waals surface area contributed by atoms with Crippen LogP contribution in [0, 0.1) is 11.7 Å². The summed E-state index contributed by atoms with van der Waals surface area (Å²) in [6, 6.07) is 11.0. The Kier molecular flexibility index (Phi) is 7.12. The molecule has 1 saturated heterocycles. The molecule has 3 aromatic rings. The molecule has 1 aromatic heterocycles. The number of Topliss-reactive ketones (excluding diaryl/α,β-unsaturated/α-hetero) is 1. The van der Waals surface area contributed by atoms with Crippen LogP contribution in [0.4, 0.5) is 4.39 Å². The van der Waals surface area contributed by atoms with Crippen molar-refractivity contribution in [2.45, 2.75) is 51.6 Å². The van der Waals surface area contributed by atoms with E-state index in [1.165, 1.54) is 12.1 Å². The van der Waals surface area contributed by atoms with Crippen molar-refractivity contribution in [3.8, 4) is 0 Å². The van der Waals surface area contributed by atoms with Crippen LogP contribution in [0.15, 0.2) is 47.3 Å². The van der Waals surface area contributed by atoms with Crippen LogP contribution < -0.4 is 5.56 Å². The smallest absolute Gasteiger partial charge is 0.258 e. The lowest BCUT2D eigenvalue weighted by molar-refractivity contribution is -0.132. The lowest BCUT2D eigenvalue weighted by Crippen LogP contribution is -2.40. The van der Waals surface area contributed by atoms with Crippen LogP contribution in [0.5, 0.6) is 0 Å². The van der Waals surface area contributed by atoms with Gasteiger partial charge in [-0.2, -0.15) is 0 Å². The minimum absolute atomic E-state index is 0.0237. The molecule has 0 radical (unpaired) electrons. The number of aliphatic hydroxyl groups is 1. The van der Waals surface area contributed by atoms with E-state index < -0.39 is 17.0 Å². The van der Waals surface area contributed by atoms with Gasteiger partial charge in [-0.25, -0.2) is 9.37 Å². The van der Waals surface area contributed by atoms with Gasteiger partial charge in [0.25, 0.3) is 5.56 Å². The van der Waals surface area contributed by atoms with Crippen molar-refractivity contribution in [1.29, 1.82) is 0 Å². The minimum atomic E-state index is -0.952. The fourth-order valence-electron chi connectivity index (χ4n) is 4.51. The maximum atomic E-state index is 13.3. The van der Waals surface area contributed by atoms with E-state index in [1.807, 2.05) is 0 Å². The second-order valence-electron chi connectivity index (χ2n) is 9.68. The van der Waals surface area contributed by atoms with Gasteiger partial charge in [-0.05, 0) is 56.9 Å². The largest absolute Gasteiger partial charge is 0.386 e. The highest BCUT2D eigenvalue weighted by Gasteiger charge is 2.28. The fourth-order valence-corrected chi connectivity index (χ4v) is 4.51. The Hall–Kier alpha value is -3.39. The number of benzene rings is 2. The van der Waals surface area contributed by atoms with Crippen molar-refractivity contribution in [3.05, 3.63) is 75.6 Å². The molecule has 0 bridgehead atoms. The zero-order valence-electron chi connectivity index (χ0n) is 20.0. The van der Waals surface area contributed by atoms with Gasteiger partial charge >= 0.3 is 0 Å². The van der Waals surface area contributed by atoms with Crippen molar-refractivity contribution < 1.29 is 19.1 Å². The van der Waals surface area contributed by atoms with Gasteiger partial charge < -0.3 is 15.0 Å². The number of hydrogen-bond acceptors (Lipinski definition) is 5. The zero-order valence-corrected chi connectivity index (χ0v) is 20.0. The Labute approximate surface area is 203 Å². The van der Waals surface area contributed by atoms with Gasteiger partial charge in [-0.1, -0.05) is 24.3 Å². The average molecular weight is 480 g/mol. The van der Waals surface area contributed by atoms with Crippen molar-refractivity contribution >= 4 is 22.6 Å². The van der Waals surface area contributed by atoms with E-state index in [-0.39, 0.29) is 23.0 Å². The van der Waals surface area contributed by atoms with Crippen LogP contribution in [-0.4, -0.2) is 44.8 Å². The molecule has 2 heterocycles. The summed E-state index contributed by atoms with van der Waals surface area (Å²) in [7, 11) is 0. The highest BCUT2D eigenvalue weighted by Crippen LogP contribution is 2.25. The first-order valence-corrected chi connectivity index (χ1v) is 11.9. The average Bonchev–Trinajstić information content (AvgIpc) is 2.83.